The zero-order valence-electron chi connectivity index (χ0n) is 19.9. The van der Waals surface area contributed by atoms with E-state index in [2.05, 4.69) is 16.0 Å². The Labute approximate surface area is 203 Å². The number of aliphatic hydroxyl groups excluding tert-OH is 1. The normalized spacial score (nSPS) is 27.9. The molecule has 1 aromatic carbocycles. The van der Waals surface area contributed by atoms with E-state index in [0.717, 1.165) is 12.5 Å². The predicted octanol–water partition coefficient (Wildman–Crippen LogP) is 4.21. The molecule has 0 aromatic heterocycles. The van der Waals surface area contributed by atoms with E-state index in [4.69, 9.17) is 4.74 Å². The Hall–Kier alpha value is -2.72. The summed E-state index contributed by atoms with van der Waals surface area (Å²) in [4.78, 5) is 14.1. The number of benzene rings is 1. The summed E-state index contributed by atoms with van der Waals surface area (Å²) in [5, 5.41) is 18.8. The van der Waals surface area contributed by atoms with Crippen molar-refractivity contribution in [1.82, 2.24) is 15.5 Å². The summed E-state index contributed by atoms with van der Waals surface area (Å²) in [6.45, 7) is 1.50. The van der Waals surface area contributed by atoms with E-state index < -0.39 is 17.8 Å². The van der Waals surface area contributed by atoms with Crippen LogP contribution in [0.2, 0.25) is 0 Å². The van der Waals surface area contributed by atoms with Crippen molar-refractivity contribution in [3.63, 3.8) is 0 Å². The number of fused-ring (bicyclic) bond motifs is 3. The van der Waals surface area contributed by atoms with Crippen molar-refractivity contribution in [3.8, 4) is 0 Å². The van der Waals surface area contributed by atoms with Crippen LogP contribution >= 0.6 is 0 Å². The fourth-order valence-corrected chi connectivity index (χ4v) is 5.10. The minimum absolute atomic E-state index is 0.0422. The van der Waals surface area contributed by atoms with Crippen molar-refractivity contribution in [2.24, 2.45) is 11.8 Å². The lowest BCUT2D eigenvalue weighted by molar-refractivity contribution is -0.138. The van der Waals surface area contributed by atoms with Gasteiger partial charge in [-0.05, 0) is 63.7 Å². The summed E-state index contributed by atoms with van der Waals surface area (Å²) >= 11 is 0. The number of rotatable bonds is 6. The number of urea groups is 1. The Morgan fingerprint density at radius 2 is 2.06 bits per heavy atom. The van der Waals surface area contributed by atoms with Gasteiger partial charge >= 0.3 is 12.2 Å². The minimum Gasteiger partial charge on any atom is -0.508 e. The number of anilines is 1. The van der Waals surface area contributed by atoms with Crippen LogP contribution in [-0.2, 0) is 10.9 Å². The van der Waals surface area contributed by atoms with Crippen molar-refractivity contribution in [2.75, 3.05) is 39.0 Å². The molecule has 3 aliphatic rings. The standard InChI is InChI=1S/C25H33F3N4O3/c1-32(2)12-11-29-24(34)30-14-18-8-9-19-22(15-3-6-17(33)7-4-15)31-21-10-5-16(25(26,27)28)13-20(21)23(19)35-18/h3,5-7,10,13,15,18-19,22-23,31,33H,4,8-9,11-12,14H2,1-2H3,(H2,29,30,34)/t15?,18-,19+,22+,23+/m1/s1. The van der Waals surface area contributed by atoms with Crippen LogP contribution < -0.4 is 16.0 Å². The Morgan fingerprint density at radius 1 is 1.26 bits per heavy atom. The third-order valence-corrected chi connectivity index (χ3v) is 6.93. The highest BCUT2D eigenvalue weighted by atomic mass is 19.4. The number of likely N-dealkylation sites (N-methyl/N-ethyl adjacent to an activating group) is 1. The number of aliphatic hydroxyl groups is 1. The zero-order valence-corrected chi connectivity index (χ0v) is 19.9. The Balaban J connectivity index is 1.50. The van der Waals surface area contributed by atoms with Crippen molar-refractivity contribution in [3.05, 3.63) is 53.3 Å². The summed E-state index contributed by atoms with van der Waals surface area (Å²) in [6.07, 6.45) is 2.16. The van der Waals surface area contributed by atoms with Gasteiger partial charge in [0.2, 0.25) is 0 Å². The number of hydrogen-bond donors (Lipinski definition) is 4. The number of halogens is 3. The first-order valence-corrected chi connectivity index (χ1v) is 12.0. The number of nitrogens with zero attached hydrogens (tertiary/aromatic N) is 1. The van der Waals surface area contributed by atoms with E-state index in [0.29, 0.717) is 37.2 Å². The second-order valence-corrected chi connectivity index (χ2v) is 9.72. The summed E-state index contributed by atoms with van der Waals surface area (Å²) in [5.41, 5.74) is 0.427. The molecule has 0 radical (unpaired) electrons. The number of amides is 2. The summed E-state index contributed by atoms with van der Waals surface area (Å²) in [7, 11) is 3.84. The number of hydrogen-bond acceptors (Lipinski definition) is 5. The van der Waals surface area contributed by atoms with E-state index in [1.54, 1.807) is 12.2 Å². The van der Waals surface area contributed by atoms with Crippen LogP contribution in [0.15, 0.2) is 42.2 Å². The first kappa shape index (κ1) is 25.4. The van der Waals surface area contributed by atoms with Gasteiger partial charge < -0.3 is 30.7 Å². The number of carbonyl (C=O) groups excluding carboxylic acids is 1. The zero-order chi connectivity index (χ0) is 25.2. The van der Waals surface area contributed by atoms with Crippen LogP contribution in [0, 0.1) is 11.8 Å². The molecular formula is C25H33F3N4O3. The highest BCUT2D eigenvalue weighted by Crippen LogP contribution is 2.49. The molecule has 10 heteroatoms. The van der Waals surface area contributed by atoms with Crippen LogP contribution in [0.1, 0.15) is 36.5 Å². The van der Waals surface area contributed by atoms with Crippen molar-refractivity contribution >= 4 is 11.7 Å². The fourth-order valence-electron chi connectivity index (χ4n) is 5.10. The highest BCUT2D eigenvalue weighted by Gasteiger charge is 2.45. The van der Waals surface area contributed by atoms with Crippen molar-refractivity contribution < 1.29 is 27.8 Å². The summed E-state index contributed by atoms with van der Waals surface area (Å²) in [6, 6.07) is 3.41. The SMILES string of the molecule is CN(C)CCNC(=O)NC[C@H]1CC[C@@H]2[C@H](O1)c1cc(C(F)(F)F)ccc1N[C@H]2C1C=CC(O)=CC1. The van der Waals surface area contributed by atoms with Gasteiger partial charge in [-0.25, -0.2) is 4.79 Å². The first-order valence-electron chi connectivity index (χ1n) is 12.0. The summed E-state index contributed by atoms with van der Waals surface area (Å²) in [5.74, 6) is 0.257. The van der Waals surface area contributed by atoms with E-state index in [-0.39, 0.29) is 42.3 Å². The number of nitrogens with one attached hydrogen (secondary N) is 3. The molecule has 4 rings (SSSR count). The van der Waals surface area contributed by atoms with Gasteiger partial charge in [-0.1, -0.05) is 6.08 Å². The van der Waals surface area contributed by atoms with E-state index in [1.807, 2.05) is 25.1 Å². The van der Waals surface area contributed by atoms with Crippen LogP contribution in [0.25, 0.3) is 0 Å². The third-order valence-electron chi connectivity index (χ3n) is 6.93. The molecule has 7 nitrogen and oxygen atoms in total. The van der Waals surface area contributed by atoms with E-state index >= 15 is 0 Å². The van der Waals surface area contributed by atoms with Gasteiger partial charge in [-0.3, -0.25) is 0 Å². The lowest BCUT2D eigenvalue weighted by Crippen LogP contribution is -2.49. The quantitative estimate of drug-likeness (QED) is 0.476. The average molecular weight is 495 g/mol. The van der Waals surface area contributed by atoms with Gasteiger partial charge in [0.05, 0.1) is 17.8 Å². The molecule has 0 spiro atoms. The maximum Gasteiger partial charge on any atom is 0.416 e. The predicted molar refractivity (Wildman–Crippen MR) is 127 cm³/mol. The molecule has 1 aromatic rings. The first-order chi connectivity index (χ1) is 16.6. The van der Waals surface area contributed by atoms with E-state index in [9.17, 15) is 23.1 Å². The Kier molecular flexibility index (Phi) is 7.61. The Morgan fingerprint density at radius 3 is 2.74 bits per heavy atom. The third kappa shape index (κ3) is 6.10. The molecule has 1 aliphatic carbocycles. The second-order valence-electron chi connectivity index (χ2n) is 9.72. The lowest BCUT2D eigenvalue weighted by Gasteiger charge is -2.47. The van der Waals surface area contributed by atoms with E-state index in [1.165, 1.54) is 12.1 Å². The maximum absolute atomic E-state index is 13.5. The van der Waals surface area contributed by atoms with Gasteiger partial charge in [0.25, 0.3) is 0 Å². The molecule has 2 heterocycles. The van der Waals surface area contributed by atoms with Gasteiger partial charge in [0, 0.05) is 48.8 Å². The van der Waals surface area contributed by atoms with Gasteiger partial charge in [0.1, 0.15) is 5.76 Å². The number of alkyl halides is 3. The molecule has 35 heavy (non-hydrogen) atoms. The van der Waals surface area contributed by atoms with Crippen LogP contribution in [0.3, 0.4) is 0 Å². The largest absolute Gasteiger partial charge is 0.508 e. The fraction of sp³-hybridized carbons (Fsp3) is 0.560. The second kappa shape index (κ2) is 10.5. The molecule has 0 bridgehead atoms. The maximum atomic E-state index is 13.5. The molecule has 1 unspecified atom stereocenters. The van der Waals surface area contributed by atoms with Crippen LogP contribution in [0.4, 0.5) is 23.7 Å². The average Bonchev–Trinajstić information content (AvgIpc) is 2.81. The number of carbonyl (C=O) groups is 1. The molecule has 5 atom stereocenters. The minimum atomic E-state index is -4.45. The molecule has 0 saturated carbocycles. The van der Waals surface area contributed by atoms with Crippen molar-refractivity contribution in [2.45, 2.75) is 43.7 Å². The van der Waals surface area contributed by atoms with Gasteiger partial charge in [-0.2, -0.15) is 13.2 Å². The lowest BCUT2D eigenvalue weighted by atomic mass is 9.72. The number of allylic oxidation sites excluding steroid dienone is 2. The molecular weight excluding hydrogens is 461 g/mol. The smallest absolute Gasteiger partial charge is 0.416 e. The topological polar surface area (TPSA) is 85.9 Å². The molecule has 1 fully saturated rings. The van der Waals surface area contributed by atoms with Crippen LogP contribution in [-0.4, -0.2) is 61.9 Å². The number of ether oxygens (including phenoxy) is 1. The molecule has 4 N–H and O–H groups in total. The Bertz CT molecular complexity index is 979. The molecule has 2 amide bonds. The van der Waals surface area contributed by atoms with Gasteiger partial charge in [0.15, 0.2) is 0 Å². The monoisotopic (exact) mass is 494 g/mol. The van der Waals surface area contributed by atoms with Crippen LogP contribution in [0.5, 0.6) is 0 Å². The van der Waals surface area contributed by atoms with Gasteiger partial charge in [-0.15, -0.1) is 0 Å². The molecule has 192 valence electrons. The molecule has 1 saturated heterocycles. The molecule has 2 aliphatic heterocycles. The summed E-state index contributed by atoms with van der Waals surface area (Å²) < 4.78 is 46.8. The van der Waals surface area contributed by atoms with Crippen molar-refractivity contribution in [1.29, 1.82) is 0 Å². The highest BCUT2D eigenvalue weighted by molar-refractivity contribution is 5.73.